The summed E-state index contributed by atoms with van der Waals surface area (Å²) in [6, 6.07) is 38.7. The third-order valence-electron chi connectivity index (χ3n) is 8.36. The van der Waals surface area contributed by atoms with E-state index in [1.54, 1.807) is 0 Å². The van der Waals surface area contributed by atoms with Crippen molar-refractivity contribution in [3.05, 3.63) is 158 Å². The van der Waals surface area contributed by atoms with Gasteiger partial charge in [-0.1, -0.05) is 145 Å². The number of benzene rings is 8. The lowest BCUT2D eigenvalue weighted by atomic mass is 9.84. The molecule has 0 N–H and O–H groups in total. The zero-order chi connectivity index (χ0) is 33.6. The second kappa shape index (κ2) is 9.44. The van der Waals surface area contributed by atoms with Gasteiger partial charge in [0.05, 0.1) is 8.22 Å². The van der Waals surface area contributed by atoms with Gasteiger partial charge in [-0.2, -0.15) is 0 Å². The summed E-state index contributed by atoms with van der Waals surface area (Å²) in [7, 11) is 0. The topological polar surface area (TPSA) is 13.1 Å². The average Bonchev–Trinajstić information content (AvgIpc) is 3.54. The van der Waals surface area contributed by atoms with Crippen LogP contribution in [0.15, 0.2) is 162 Å². The van der Waals surface area contributed by atoms with Crippen molar-refractivity contribution < 1.29 is 12.6 Å². The Morgan fingerprint density at radius 2 is 1.05 bits per heavy atom. The standard InChI is InChI=1S/C42H26O/c1-2-12-28(13-3-1)31-21-11-23-37-38-26-29(24-25-39(38)43-42(31)37)40-33-17-6-8-19-35(33)41(36-20-9-7-18-34(36)40)32-22-10-15-27-14-4-5-16-30(27)32/h1-26H/i11D,21D,23D,24D,25D,26D. The van der Waals surface area contributed by atoms with Crippen molar-refractivity contribution in [3.63, 3.8) is 0 Å². The minimum Gasteiger partial charge on any atom is -0.455 e. The van der Waals surface area contributed by atoms with Crippen LogP contribution in [0, 0.1) is 0 Å². The Balaban J connectivity index is 1.46. The Morgan fingerprint density at radius 3 is 1.79 bits per heavy atom. The largest absolute Gasteiger partial charge is 0.455 e. The monoisotopic (exact) mass is 552 g/mol. The first kappa shape index (κ1) is 18.7. The number of para-hydroxylation sites is 1. The first-order valence-electron chi connectivity index (χ1n) is 17.3. The second-order valence-corrected chi connectivity index (χ2v) is 10.7. The summed E-state index contributed by atoms with van der Waals surface area (Å²) in [6.45, 7) is 0. The predicted octanol–water partition coefficient (Wildman–Crippen LogP) is 12.0. The first-order valence-corrected chi connectivity index (χ1v) is 14.3. The molecule has 0 aliphatic rings. The minimum absolute atomic E-state index is 0.00502. The number of fused-ring (bicyclic) bond motifs is 6. The number of furan rings is 1. The minimum atomic E-state index is -0.285. The zero-order valence-electron chi connectivity index (χ0n) is 29.0. The summed E-state index contributed by atoms with van der Waals surface area (Å²) in [5.74, 6) is 0. The zero-order valence-corrected chi connectivity index (χ0v) is 23.0. The summed E-state index contributed by atoms with van der Waals surface area (Å²) >= 11 is 0. The van der Waals surface area contributed by atoms with Crippen LogP contribution in [0.1, 0.15) is 8.22 Å². The van der Waals surface area contributed by atoms with Crippen molar-refractivity contribution in [2.75, 3.05) is 0 Å². The highest BCUT2D eigenvalue weighted by molar-refractivity contribution is 6.24. The molecule has 0 saturated heterocycles. The van der Waals surface area contributed by atoms with Gasteiger partial charge in [-0.15, -0.1) is 0 Å². The van der Waals surface area contributed by atoms with Gasteiger partial charge in [0.25, 0.3) is 0 Å². The van der Waals surface area contributed by atoms with Gasteiger partial charge in [0.2, 0.25) is 0 Å². The maximum Gasteiger partial charge on any atom is 0.143 e. The Labute approximate surface area is 257 Å². The summed E-state index contributed by atoms with van der Waals surface area (Å²) in [4.78, 5) is 0. The third kappa shape index (κ3) is 3.65. The quantitative estimate of drug-likeness (QED) is 0.199. The average molecular weight is 553 g/mol. The van der Waals surface area contributed by atoms with Crippen molar-refractivity contribution in [1.29, 1.82) is 0 Å². The van der Waals surface area contributed by atoms with Crippen molar-refractivity contribution in [2.45, 2.75) is 0 Å². The van der Waals surface area contributed by atoms with Gasteiger partial charge in [-0.3, -0.25) is 0 Å². The van der Waals surface area contributed by atoms with Crippen LogP contribution in [-0.2, 0) is 0 Å². The molecular weight excluding hydrogens is 520 g/mol. The molecule has 0 atom stereocenters. The van der Waals surface area contributed by atoms with Crippen molar-refractivity contribution in [3.8, 4) is 33.4 Å². The highest BCUT2D eigenvalue weighted by Gasteiger charge is 2.19. The van der Waals surface area contributed by atoms with Gasteiger partial charge in [0.1, 0.15) is 11.2 Å². The van der Waals surface area contributed by atoms with E-state index in [9.17, 15) is 4.11 Å². The molecule has 0 radical (unpaired) electrons. The van der Waals surface area contributed by atoms with Crippen LogP contribution in [0.25, 0.3) is 87.6 Å². The molecule has 9 aromatic rings. The fraction of sp³-hybridized carbons (Fsp3) is 0. The molecule has 1 nitrogen and oxygen atoms in total. The van der Waals surface area contributed by atoms with Crippen LogP contribution in [0.5, 0.6) is 0 Å². The van der Waals surface area contributed by atoms with Crippen LogP contribution < -0.4 is 0 Å². The Hall–Kier alpha value is -5.66. The molecule has 1 heterocycles. The Kier molecular flexibility index (Phi) is 4.11. The summed E-state index contributed by atoms with van der Waals surface area (Å²) < 4.78 is 61.1. The molecular formula is C42H26O. The molecule has 0 amide bonds. The molecule has 1 heteroatoms. The predicted molar refractivity (Wildman–Crippen MR) is 183 cm³/mol. The molecule has 200 valence electrons. The smallest absolute Gasteiger partial charge is 0.143 e. The van der Waals surface area contributed by atoms with Crippen LogP contribution in [0.2, 0.25) is 0 Å². The molecule has 0 unspecified atom stereocenters. The molecule has 0 bridgehead atoms. The molecule has 0 aliphatic carbocycles. The van der Waals surface area contributed by atoms with E-state index in [0.29, 0.717) is 16.7 Å². The van der Waals surface area contributed by atoms with Crippen LogP contribution in [0.3, 0.4) is 0 Å². The highest BCUT2D eigenvalue weighted by Crippen LogP contribution is 2.46. The molecule has 0 spiro atoms. The maximum atomic E-state index is 9.73. The lowest BCUT2D eigenvalue weighted by Gasteiger charge is -2.18. The normalized spacial score (nSPS) is 13.7. The van der Waals surface area contributed by atoms with Gasteiger partial charge in [0.15, 0.2) is 0 Å². The van der Waals surface area contributed by atoms with Gasteiger partial charge in [0, 0.05) is 16.3 Å². The van der Waals surface area contributed by atoms with Crippen molar-refractivity contribution in [2.24, 2.45) is 0 Å². The van der Waals surface area contributed by atoms with Crippen LogP contribution in [0.4, 0.5) is 0 Å². The number of hydrogen-bond donors (Lipinski definition) is 0. The molecule has 1 aromatic heterocycles. The number of rotatable bonds is 3. The van der Waals surface area contributed by atoms with E-state index in [1.165, 1.54) is 0 Å². The second-order valence-electron chi connectivity index (χ2n) is 10.7. The van der Waals surface area contributed by atoms with E-state index in [0.717, 1.165) is 43.4 Å². The van der Waals surface area contributed by atoms with E-state index in [1.807, 2.05) is 78.9 Å². The highest BCUT2D eigenvalue weighted by atomic mass is 16.3. The van der Waals surface area contributed by atoms with Crippen LogP contribution in [-0.4, -0.2) is 0 Å². The molecule has 9 rings (SSSR count). The summed E-state index contributed by atoms with van der Waals surface area (Å²) in [5, 5.41) is 6.23. The maximum absolute atomic E-state index is 9.73. The molecule has 0 saturated carbocycles. The fourth-order valence-corrected chi connectivity index (χ4v) is 6.49. The van der Waals surface area contributed by atoms with Gasteiger partial charge in [-0.05, 0) is 72.2 Å². The van der Waals surface area contributed by atoms with E-state index in [4.69, 9.17) is 8.53 Å². The van der Waals surface area contributed by atoms with E-state index >= 15 is 0 Å². The van der Waals surface area contributed by atoms with E-state index in [2.05, 4.69) is 42.5 Å². The Bertz CT molecular complexity index is 2780. The van der Waals surface area contributed by atoms with Crippen molar-refractivity contribution in [1.82, 2.24) is 0 Å². The van der Waals surface area contributed by atoms with Gasteiger partial charge in [-0.25, -0.2) is 0 Å². The molecule has 0 fully saturated rings. The lowest BCUT2D eigenvalue weighted by molar-refractivity contribution is 0.670. The Morgan fingerprint density at radius 1 is 0.419 bits per heavy atom. The SMILES string of the molecule is [2H]c1c(-c2c3ccccc3c(-c3cccc4ccccc34)c3ccccc23)c([2H])c2c(oc3c(-c4ccccc4)c([2H])c([2H])c([2H])c32)c1[2H]. The summed E-state index contributed by atoms with van der Waals surface area (Å²) in [6.07, 6.45) is 0. The van der Waals surface area contributed by atoms with Crippen molar-refractivity contribution >= 4 is 54.3 Å². The van der Waals surface area contributed by atoms with Gasteiger partial charge < -0.3 is 4.42 Å². The molecule has 0 aliphatic heterocycles. The van der Waals surface area contributed by atoms with E-state index in [-0.39, 0.29) is 63.8 Å². The van der Waals surface area contributed by atoms with Gasteiger partial charge >= 0.3 is 0 Å². The first-order chi connectivity index (χ1) is 23.9. The lowest BCUT2D eigenvalue weighted by Crippen LogP contribution is -1.91. The molecule has 43 heavy (non-hydrogen) atoms. The van der Waals surface area contributed by atoms with Crippen LogP contribution >= 0.6 is 0 Å². The number of hydrogen-bond acceptors (Lipinski definition) is 1. The third-order valence-corrected chi connectivity index (χ3v) is 8.36. The molecule has 8 aromatic carbocycles. The fourth-order valence-electron chi connectivity index (χ4n) is 6.49. The van der Waals surface area contributed by atoms with E-state index < -0.39 is 0 Å². The summed E-state index contributed by atoms with van der Waals surface area (Å²) in [5.41, 5.74) is 4.19.